The number of nitrogens with two attached hydrogens (primary N) is 1. The zero-order valence-corrected chi connectivity index (χ0v) is 6.58. The number of carbonyl (C=O) groups is 1. The SMILES string of the molecule is CN1C=C(C(=O)O)S[N+]1=NN. The van der Waals surface area contributed by atoms with Crippen LogP contribution in [0.3, 0.4) is 0 Å². The summed E-state index contributed by atoms with van der Waals surface area (Å²) in [5.74, 6) is 3.97. The molecule has 60 valence electrons. The van der Waals surface area contributed by atoms with E-state index in [0.717, 1.165) is 11.9 Å². The van der Waals surface area contributed by atoms with E-state index in [1.54, 1.807) is 7.05 Å². The number of nitrogens with zero attached hydrogens (tertiary/aromatic N) is 3. The van der Waals surface area contributed by atoms with Crippen molar-refractivity contribution in [2.75, 3.05) is 7.05 Å². The summed E-state index contributed by atoms with van der Waals surface area (Å²) in [7, 11) is 1.65. The Balaban J connectivity index is 2.79. The van der Waals surface area contributed by atoms with E-state index in [2.05, 4.69) is 5.22 Å². The normalized spacial score (nSPS) is 20.6. The van der Waals surface area contributed by atoms with Crippen LogP contribution in [0.15, 0.2) is 16.3 Å². The summed E-state index contributed by atoms with van der Waals surface area (Å²) < 4.78 is 1.27. The van der Waals surface area contributed by atoms with Gasteiger partial charge in [-0.05, 0) is 0 Å². The van der Waals surface area contributed by atoms with Crippen molar-refractivity contribution in [2.24, 2.45) is 11.1 Å². The minimum Gasteiger partial charge on any atom is -0.477 e. The van der Waals surface area contributed by atoms with E-state index >= 15 is 0 Å². The molecule has 6 nitrogen and oxygen atoms in total. The van der Waals surface area contributed by atoms with Crippen molar-refractivity contribution >= 4 is 17.9 Å². The highest BCUT2D eigenvalue weighted by Crippen LogP contribution is 2.25. The maximum absolute atomic E-state index is 10.4. The van der Waals surface area contributed by atoms with Gasteiger partial charge in [0, 0.05) is 4.21 Å². The molecule has 1 heterocycles. The predicted octanol–water partition coefficient (Wildman–Crippen LogP) is -0.241. The molecule has 0 saturated heterocycles. The quantitative estimate of drug-likeness (QED) is 0.249. The van der Waals surface area contributed by atoms with E-state index in [1.165, 1.54) is 15.4 Å². The van der Waals surface area contributed by atoms with Crippen LogP contribution in [0.1, 0.15) is 0 Å². The lowest BCUT2D eigenvalue weighted by atomic mass is 10.6. The third-order valence-electron chi connectivity index (χ3n) is 1.06. The number of hydrogen-bond donors (Lipinski definition) is 2. The highest BCUT2D eigenvalue weighted by molar-refractivity contribution is 7.98. The van der Waals surface area contributed by atoms with Crippen molar-refractivity contribution in [1.29, 1.82) is 0 Å². The molecule has 0 spiro atoms. The van der Waals surface area contributed by atoms with Gasteiger partial charge in [-0.3, -0.25) is 0 Å². The number of carboxylic acid groups (broad SMARTS) is 1. The number of aliphatic carboxylic acids is 1. The molecule has 11 heavy (non-hydrogen) atoms. The minimum absolute atomic E-state index is 0.196. The monoisotopic (exact) mass is 175 g/mol. The van der Waals surface area contributed by atoms with Crippen molar-refractivity contribution in [1.82, 2.24) is 5.01 Å². The van der Waals surface area contributed by atoms with Crippen molar-refractivity contribution in [2.45, 2.75) is 0 Å². The van der Waals surface area contributed by atoms with Gasteiger partial charge in [0.1, 0.15) is 5.22 Å². The fourth-order valence-corrected chi connectivity index (χ4v) is 1.27. The van der Waals surface area contributed by atoms with Crippen molar-refractivity contribution in [3.8, 4) is 0 Å². The predicted molar refractivity (Wildman–Crippen MR) is 37.9 cm³/mol. The Morgan fingerprint density at radius 2 is 2.64 bits per heavy atom. The molecule has 1 aliphatic rings. The lowest BCUT2D eigenvalue weighted by Gasteiger charge is -1.99. The summed E-state index contributed by atoms with van der Waals surface area (Å²) >= 11 is 0.956. The average Bonchev–Trinajstić information content (AvgIpc) is 2.31. The first-order chi connectivity index (χ1) is 5.15. The number of carboxylic acids is 1. The molecule has 0 amide bonds. The standard InChI is InChI=1S/C4H6N4O2S/c1-7-2-3(4(9)10)11-8(7)6-5/h2,5H,1H3,(H,9,10)/p+1. The maximum Gasteiger partial charge on any atom is 0.347 e. The maximum atomic E-state index is 10.4. The van der Waals surface area contributed by atoms with E-state index < -0.39 is 5.97 Å². The molecule has 0 aliphatic carbocycles. The fourth-order valence-electron chi connectivity index (χ4n) is 0.594. The first-order valence-corrected chi connectivity index (χ1v) is 3.49. The van der Waals surface area contributed by atoms with Crippen molar-refractivity contribution in [3.63, 3.8) is 0 Å². The van der Waals surface area contributed by atoms with Gasteiger partial charge in [-0.25, -0.2) is 4.79 Å². The largest absolute Gasteiger partial charge is 0.477 e. The van der Waals surface area contributed by atoms with E-state index in [-0.39, 0.29) is 4.91 Å². The summed E-state index contributed by atoms with van der Waals surface area (Å²) in [6, 6.07) is 0. The van der Waals surface area contributed by atoms with Crippen LogP contribution >= 0.6 is 11.9 Å². The molecular weight excluding hydrogens is 168 g/mol. The van der Waals surface area contributed by atoms with Gasteiger partial charge in [0.15, 0.2) is 16.9 Å². The van der Waals surface area contributed by atoms with Crippen LogP contribution < -0.4 is 5.84 Å². The van der Waals surface area contributed by atoms with Crippen LogP contribution in [-0.4, -0.2) is 27.3 Å². The fraction of sp³-hybridized carbons (Fsp3) is 0.250. The molecule has 0 atom stereocenters. The van der Waals surface area contributed by atoms with Gasteiger partial charge >= 0.3 is 5.97 Å². The lowest BCUT2D eigenvalue weighted by Crippen LogP contribution is -2.16. The second-order valence-electron chi connectivity index (χ2n) is 1.83. The topological polar surface area (TPSA) is 81.9 Å². The Morgan fingerprint density at radius 1 is 2.00 bits per heavy atom. The Hall–Kier alpha value is -1.24. The van der Waals surface area contributed by atoms with Crippen LogP contribution in [0, 0.1) is 0 Å². The molecule has 0 unspecified atom stereocenters. The average molecular weight is 175 g/mol. The van der Waals surface area contributed by atoms with Gasteiger partial charge in [-0.2, -0.15) is 10.9 Å². The lowest BCUT2D eigenvalue weighted by molar-refractivity contribution is -0.582. The Kier molecular flexibility index (Phi) is 1.99. The zero-order valence-electron chi connectivity index (χ0n) is 5.76. The van der Waals surface area contributed by atoms with Crippen LogP contribution in [0.5, 0.6) is 0 Å². The third kappa shape index (κ3) is 1.43. The van der Waals surface area contributed by atoms with Crippen molar-refractivity contribution < 1.29 is 14.1 Å². The Morgan fingerprint density at radius 3 is 2.91 bits per heavy atom. The smallest absolute Gasteiger partial charge is 0.347 e. The highest BCUT2D eigenvalue weighted by atomic mass is 32.2. The second kappa shape index (κ2) is 2.79. The molecule has 0 fully saturated rings. The van der Waals surface area contributed by atoms with Gasteiger partial charge in [-0.15, -0.1) is 0 Å². The molecule has 7 heteroatoms. The molecule has 0 saturated carbocycles. The molecule has 0 aromatic heterocycles. The van der Waals surface area contributed by atoms with Crippen LogP contribution in [-0.2, 0) is 4.79 Å². The van der Waals surface area contributed by atoms with Gasteiger partial charge in [0.2, 0.25) is 0 Å². The summed E-state index contributed by atoms with van der Waals surface area (Å²) in [4.78, 5) is 10.6. The molecule has 0 aromatic carbocycles. The van der Waals surface area contributed by atoms with E-state index in [4.69, 9.17) is 10.9 Å². The number of rotatable bonds is 1. The second-order valence-corrected chi connectivity index (χ2v) is 2.78. The molecule has 0 radical (unpaired) electrons. The Labute approximate surface area is 67.0 Å². The van der Waals surface area contributed by atoms with Crippen LogP contribution in [0.25, 0.3) is 0 Å². The minimum atomic E-state index is -0.979. The van der Waals surface area contributed by atoms with Gasteiger partial charge in [-0.1, -0.05) is 0 Å². The highest BCUT2D eigenvalue weighted by Gasteiger charge is 2.26. The number of hydrazine groups is 1. The third-order valence-corrected chi connectivity index (χ3v) is 2.06. The molecular formula is C4H7N4O2S+. The summed E-state index contributed by atoms with van der Waals surface area (Å²) in [6.07, 6.45) is 1.43. The van der Waals surface area contributed by atoms with Gasteiger partial charge in [0.05, 0.1) is 13.2 Å². The van der Waals surface area contributed by atoms with Crippen LogP contribution in [0.4, 0.5) is 0 Å². The molecule has 0 bridgehead atoms. The number of hydrogen-bond acceptors (Lipinski definition) is 3. The first kappa shape index (κ1) is 7.86. The van der Waals surface area contributed by atoms with E-state index in [0.29, 0.717) is 0 Å². The van der Waals surface area contributed by atoms with Crippen LogP contribution in [0.2, 0.25) is 0 Å². The van der Waals surface area contributed by atoms with Gasteiger partial charge in [0.25, 0.3) is 0 Å². The molecule has 1 aliphatic heterocycles. The molecule has 3 N–H and O–H groups in total. The Bertz CT molecular complexity index is 248. The first-order valence-electron chi connectivity index (χ1n) is 2.72. The van der Waals surface area contributed by atoms with Gasteiger partial charge < -0.3 is 5.11 Å². The summed E-state index contributed by atoms with van der Waals surface area (Å²) in [6.45, 7) is 0. The zero-order chi connectivity index (χ0) is 8.43. The van der Waals surface area contributed by atoms with Crippen molar-refractivity contribution in [3.05, 3.63) is 11.1 Å². The van der Waals surface area contributed by atoms with E-state index in [1.807, 2.05) is 0 Å². The van der Waals surface area contributed by atoms with E-state index in [9.17, 15) is 4.79 Å². The molecule has 0 aromatic rings. The molecule has 1 rings (SSSR count). The summed E-state index contributed by atoms with van der Waals surface area (Å²) in [5.41, 5.74) is 0. The summed E-state index contributed by atoms with van der Waals surface area (Å²) in [5, 5.41) is 13.3.